The largest absolute Gasteiger partial charge is 0.494 e. The smallest absolute Gasteiger partial charge is 0.264 e. The molecule has 0 spiro atoms. The standard InChI is InChI=1S/C38H45N3O7S/c1-5-7-24-39-38(43)34(25-29-14-10-8-11-15-29)40(27-30-16-12-9-13-17-30)37(42)28-41(31-18-20-32(21-19-31)48-6-2)49(44,45)33-22-23-35(46-3)36(26-33)47-4/h8-23,26,34H,5-7,24-25,27-28H2,1-4H3,(H,39,43). The van der Waals surface area contributed by atoms with Gasteiger partial charge in [0.05, 0.1) is 31.4 Å². The SMILES string of the molecule is CCCCNC(=O)C(Cc1ccccc1)N(Cc1ccccc1)C(=O)CN(c1ccc(OCC)cc1)S(=O)(=O)c1ccc(OC)c(OC)c1. The van der Waals surface area contributed by atoms with Crippen LogP contribution in [0.3, 0.4) is 0 Å². The first kappa shape index (κ1) is 36.8. The van der Waals surface area contributed by atoms with Gasteiger partial charge < -0.3 is 24.4 Å². The number of ether oxygens (including phenoxy) is 3. The quantitative estimate of drug-likeness (QED) is 0.131. The van der Waals surface area contributed by atoms with E-state index in [0.29, 0.717) is 24.7 Å². The van der Waals surface area contributed by atoms with Gasteiger partial charge in [-0.05, 0) is 60.9 Å². The molecule has 0 radical (unpaired) electrons. The van der Waals surface area contributed by atoms with Gasteiger partial charge in [-0.25, -0.2) is 8.42 Å². The van der Waals surface area contributed by atoms with Crippen molar-refractivity contribution in [3.63, 3.8) is 0 Å². The summed E-state index contributed by atoms with van der Waals surface area (Å²) in [5.41, 5.74) is 1.91. The van der Waals surface area contributed by atoms with Gasteiger partial charge in [0.25, 0.3) is 10.0 Å². The van der Waals surface area contributed by atoms with Crippen LogP contribution >= 0.6 is 0 Å². The molecule has 0 bridgehead atoms. The molecule has 2 amide bonds. The van der Waals surface area contributed by atoms with Crippen molar-refractivity contribution >= 4 is 27.5 Å². The Labute approximate surface area is 289 Å². The Kier molecular flexibility index (Phi) is 13.5. The number of amides is 2. The van der Waals surface area contributed by atoms with Crippen LogP contribution < -0.4 is 23.8 Å². The molecule has 0 aromatic heterocycles. The van der Waals surface area contributed by atoms with Crippen LogP contribution in [0.1, 0.15) is 37.8 Å². The Morgan fingerprint density at radius 3 is 2.02 bits per heavy atom. The molecule has 4 aromatic carbocycles. The van der Waals surface area contributed by atoms with Gasteiger partial charge in [-0.1, -0.05) is 74.0 Å². The molecule has 0 saturated heterocycles. The molecular formula is C38H45N3O7S. The lowest BCUT2D eigenvalue weighted by atomic mass is 10.0. The zero-order valence-corrected chi connectivity index (χ0v) is 29.3. The van der Waals surface area contributed by atoms with Crippen LogP contribution in [0.25, 0.3) is 0 Å². The van der Waals surface area contributed by atoms with E-state index in [0.717, 1.165) is 28.3 Å². The first-order chi connectivity index (χ1) is 23.7. The zero-order valence-electron chi connectivity index (χ0n) is 28.5. The van der Waals surface area contributed by atoms with Crippen LogP contribution in [0.15, 0.2) is 108 Å². The summed E-state index contributed by atoms with van der Waals surface area (Å²) in [5.74, 6) is 0.277. The monoisotopic (exact) mass is 687 g/mol. The number of carbonyl (C=O) groups is 2. The number of unbranched alkanes of at least 4 members (excludes halogenated alkanes) is 1. The molecule has 0 saturated carbocycles. The van der Waals surface area contributed by atoms with Crippen molar-refractivity contribution in [3.05, 3.63) is 114 Å². The van der Waals surface area contributed by atoms with Crippen molar-refractivity contribution in [2.45, 2.75) is 50.6 Å². The van der Waals surface area contributed by atoms with Crippen molar-refractivity contribution in [3.8, 4) is 17.2 Å². The summed E-state index contributed by atoms with van der Waals surface area (Å²) < 4.78 is 46.3. The summed E-state index contributed by atoms with van der Waals surface area (Å²) in [7, 11) is -1.47. The number of hydrogen-bond donors (Lipinski definition) is 1. The van der Waals surface area contributed by atoms with Crippen molar-refractivity contribution < 1.29 is 32.2 Å². The van der Waals surface area contributed by atoms with Crippen LogP contribution in [0, 0.1) is 0 Å². The van der Waals surface area contributed by atoms with Crippen LogP contribution in [0.2, 0.25) is 0 Å². The Balaban J connectivity index is 1.81. The average molecular weight is 688 g/mol. The highest BCUT2D eigenvalue weighted by Crippen LogP contribution is 2.33. The molecule has 1 atom stereocenters. The summed E-state index contributed by atoms with van der Waals surface area (Å²) in [5, 5.41) is 3.00. The fraction of sp³-hybridized carbons (Fsp3) is 0.316. The second kappa shape index (κ2) is 17.9. The summed E-state index contributed by atoms with van der Waals surface area (Å²) >= 11 is 0. The Bertz CT molecular complexity index is 1750. The molecule has 11 heteroatoms. The molecule has 260 valence electrons. The van der Waals surface area contributed by atoms with Crippen LogP contribution in [0.5, 0.6) is 17.2 Å². The highest BCUT2D eigenvalue weighted by atomic mass is 32.2. The predicted octanol–water partition coefficient (Wildman–Crippen LogP) is 5.85. The van der Waals surface area contributed by atoms with E-state index in [1.165, 1.54) is 37.3 Å². The Morgan fingerprint density at radius 2 is 1.43 bits per heavy atom. The van der Waals surface area contributed by atoms with Gasteiger partial charge in [-0.15, -0.1) is 0 Å². The summed E-state index contributed by atoms with van der Waals surface area (Å²) in [4.78, 5) is 29.9. The first-order valence-electron chi connectivity index (χ1n) is 16.3. The van der Waals surface area contributed by atoms with Crippen molar-refractivity contribution in [2.75, 3.05) is 38.2 Å². The van der Waals surface area contributed by atoms with E-state index in [4.69, 9.17) is 14.2 Å². The maximum atomic E-state index is 14.6. The normalized spacial score (nSPS) is 11.7. The van der Waals surface area contributed by atoms with Gasteiger partial charge in [0.15, 0.2) is 11.5 Å². The number of benzene rings is 4. The van der Waals surface area contributed by atoms with Crippen LogP contribution in [0.4, 0.5) is 5.69 Å². The second-order valence-electron chi connectivity index (χ2n) is 11.3. The predicted molar refractivity (Wildman–Crippen MR) is 191 cm³/mol. The van der Waals surface area contributed by atoms with E-state index >= 15 is 0 Å². The molecule has 1 N–H and O–H groups in total. The highest BCUT2D eigenvalue weighted by Gasteiger charge is 2.35. The third-order valence-electron chi connectivity index (χ3n) is 7.95. The van der Waals surface area contributed by atoms with Gasteiger partial charge in [0.1, 0.15) is 18.3 Å². The number of sulfonamides is 1. The molecule has 0 aliphatic heterocycles. The van der Waals surface area contributed by atoms with Crippen LogP contribution in [-0.4, -0.2) is 65.1 Å². The van der Waals surface area contributed by atoms with E-state index in [1.807, 2.05) is 74.5 Å². The molecule has 4 rings (SSSR count). The molecule has 0 heterocycles. The van der Waals surface area contributed by atoms with Crippen molar-refractivity contribution in [2.24, 2.45) is 0 Å². The van der Waals surface area contributed by atoms with E-state index < -0.39 is 28.5 Å². The Hall–Kier alpha value is -5.03. The minimum atomic E-state index is -4.35. The molecule has 1 unspecified atom stereocenters. The fourth-order valence-corrected chi connectivity index (χ4v) is 6.78. The number of nitrogens with zero attached hydrogens (tertiary/aromatic N) is 2. The maximum Gasteiger partial charge on any atom is 0.264 e. The fourth-order valence-electron chi connectivity index (χ4n) is 5.35. The van der Waals surface area contributed by atoms with E-state index in [9.17, 15) is 18.0 Å². The molecule has 0 aliphatic rings. The van der Waals surface area contributed by atoms with E-state index in [1.54, 1.807) is 24.3 Å². The highest BCUT2D eigenvalue weighted by molar-refractivity contribution is 7.92. The zero-order chi connectivity index (χ0) is 35.2. The lowest BCUT2D eigenvalue weighted by Crippen LogP contribution is -2.53. The number of methoxy groups -OCH3 is 2. The van der Waals surface area contributed by atoms with E-state index in [-0.39, 0.29) is 35.2 Å². The summed E-state index contributed by atoms with van der Waals surface area (Å²) in [6.07, 6.45) is 1.91. The van der Waals surface area contributed by atoms with Gasteiger partial charge in [-0.2, -0.15) is 0 Å². The van der Waals surface area contributed by atoms with E-state index in [2.05, 4.69) is 5.32 Å². The van der Waals surface area contributed by atoms with Crippen molar-refractivity contribution in [1.82, 2.24) is 10.2 Å². The van der Waals surface area contributed by atoms with Gasteiger partial charge in [0, 0.05) is 25.6 Å². The number of hydrogen-bond acceptors (Lipinski definition) is 7. The topological polar surface area (TPSA) is 114 Å². The average Bonchev–Trinajstić information content (AvgIpc) is 3.13. The second-order valence-corrected chi connectivity index (χ2v) is 13.2. The lowest BCUT2D eigenvalue weighted by molar-refractivity contribution is -0.140. The minimum absolute atomic E-state index is 0.0892. The molecular weight excluding hydrogens is 642 g/mol. The molecule has 10 nitrogen and oxygen atoms in total. The summed E-state index contributed by atoms with van der Waals surface area (Å²) in [6, 6.07) is 28.7. The van der Waals surface area contributed by atoms with Crippen LogP contribution in [-0.2, 0) is 32.6 Å². The molecule has 4 aromatic rings. The molecule has 0 aliphatic carbocycles. The van der Waals surface area contributed by atoms with Gasteiger partial charge in [-0.3, -0.25) is 13.9 Å². The lowest BCUT2D eigenvalue weighted by Gasteiger charge is -2.34. The van der Waals surface area contributed by atoms with Crippen molar-refractivity contribution in [1.29, 1.82) is 0 Å². The Morgan fingerprint density at radius 1 is 0.796 bits per heavy atom. The first-order valence-corrected chi connectivity index (χ1v) is 17.8. The number of rotatable bonds is 18. The number of carbonyl (C=O) groups excluding carboxylic acids is 2. The number of anilines is 1. The third kappa shape index (κ3) is 9.76. The minimum Gasteiger partial charge on any atom is -0.494 e. The number of nitrogens with one attached hydrogen (secondary N) is 1. The maximum absolute atomic E-state index is 14.6. The molecule has 49 heavy (non-hydrogen) atoms. The van der Waals surface area contributed by atoms with Gasteiger partial charge >= 0.3 is 0 Å². The molecule has 0 fully saturated rings. The summed E-state index contributed by atoms with van der Waals surface area (Å²) in [6.45, 7) is 4.29. The van der Waals surface area contributed by atoms with Gasteiger partial charge in [0.2, 0.25) is 11.8 Å². The third-order valence-corrected chi connectivity index (χ3v) is 9.72.